The van der Waals surface area contributed by atoms with E-state index in [2.05, 4.69) is 15.5 Å². The van der Waals surface area contributed by atoms with E-state index in [1.807, 2.05) is 42.5 Å². The minimum absolute atomic E-state index is 0.144. The van der Waals surface area contributed by atoms with E-state index < -0.39 is 9.84 Å². The molecule has 212 valence electrons. The molecule has 6 rings (SSSR count). The van der Waals surface area contributed by atoms with Gasteiger partial charge in [0, 0.05) is 43.1 Å². The minimum Gasteiger partial charge on any atom is -0.494 e. The van der Waals surface area contributed by atoms with Gasteiger partial charge in [-0.2, -0.15) is 4.98 Å². The fourth-order valence-electron chi connectivity index (χ4n) is 5.00. The lowest BCUT2D eigenvalue weighted by atomic mass is 10.1. The van der Waals surface area contributed by atoms with Crippen LogP contribution in [-0.2, 0) is 14.6 Å². The maximum Gasteiger partial charge on any atom is 0.229 e. The molecule has 1 aliphatic rings. The molecule has 1 saturated heterocycles. The molecule has 5 aromatic rings. The van der Waals surface area contributed by atoms with E-state index in [1.54, 1.807) is 61.7 Å². The molecule has 1 aliphatic heterocycles. The molecule has 9 nitrogen and oxygen atoms in total. The monoisotopic (exact) mass is 579 g/mol. The highest BCUT2D eigenvalue weighted by atomic mass is 32.2. The topological polar surface area (TPSA) is 114 Å². The lowest BCUT2D eigenvalue weighted by Gasteiger charge is -2.28. The highest BCUT2D eigenvalue weighted by Gasteiger charge is 2.22. The molecule has 0 bridgehead atoms. The molecule has 10 heteroatoms. The van der Waals surface area contributed by atoms with E-state index in [0.29, 0.717) is 60.3 Å². The highest BCUT2D eigenvalue weighted by molar-refractivity contribution is 7.91. The van der Waals surface area contributed by atoms with Gasteiger partial charge in [0.15, 0.2) is 0 Å². The van der Waals surface area contributed by atoms with Gasteiger partial charge < -0.3 is 20.3 Å². The Kier molecular flexibility index (Phi) is 7.45. The van der Waals surface area contributed by atoms with Crippen LogP contribution >= 0.6 is 0 Å². The number of hydrogen-bond donors (Lipinski definition) is 2. The average molecular weight is 580 g/mol. The zero-order valence-corrected chi connectivity index (χ0v) is 23.8. The van der Waals surface area contributed by atoms with Crippen molar-refractivity contribution in [2.24, 2.45) is 0 Å². The molecule has 0 amide bonds. The fraction of sp³-hybridized carbons (Fsp3) is 0.156. The number of carbonyl (C=O) groups excluding carboxylic acids is 1. The van der Waals surface area contributed by atoms with Crippen molar-refractivity contribution in [2.45, 2.75) is 22.6 Å². The Morgan fingerprint density at radius 3 is 2.29 bits per heavy atom. The summed E-state index contributed by atoms with van der Waals surface area (Å²) in [6.07, 6.45) is 1.08. The standard InChI is InChI=1S/C32H29N5O4S/c1-41-29-21-22(37-19-17-23(38)18-20-37)15-16-27(29)35-32-34-26-12-6-5-11-25(26)31(36-32)33-28-13-7-8-14-30(28)42(39,40)24-9-3-2-4-10-24/h2-16,21H,17-20H2,1H3,(H2,33,34,35,36). The number of anilines is 5. The van der Waals surface area contributed by atoms with Crippen LogP contribution in [0.15, 0.2) is 107 Å². The average Bonchev–Trinajstić information content (AvgIpc) is 3.02. The van der Waals surface area contributed by atoms with Gasteiger partial charge in [-0.1, -0.05) is 42.5 Å². The number of Topliss-reactive ketones (excluding diaryl/α,β-unsaturated/α-hetero) is 1. The predicted molar refractivity (Wildman–Crippen MR) is 164 cm³/mol. The first-order chi connectivity index (χ1) is 20.4. The number of fused-ring (bicyclic) bond motifs is 1. The summed E-state index contributed by atoms with van der Waals surface area (Å²) in [4.78, 5) is 23.7. The zero-order chi connectivity index (χ0) is 29.1. The van der Waals surface area contributed by atoms with E-state index in [1.165, 1.54) is 0 Å². The number of para-hydroxylation sites is 2. The molecule has 0 radical (unpaired) electrons. The summed E-state index contributed by atoms with van der Waals surface area (Å²) < 4.78 is 32.7. The Hall–Kier alpha value is -4.96. The number of rotatable bonds is 8. The summed E-state index contributed by atoms with van der Waals surface area (Å²) in [6.45, 7) is 1.36. The van der Waals surface area contributed by atoms with Crippen LogP contribution in [0.3, 0.4) is 0 Å². The first-order valence-electron chi connectivity index (χ1n) is 13.6. The van der Waals surface area contributed by atoms with Gasteiger partial charge >= 0.3 is 0 Å². The summed E-state index contributed by atoms with van der Waals surface area (Å²) in [5.41, 5.74) is 2.72. The van der Waals surface area contributed by atoms with Crippen LogP contribution < -0.4 is 20.3 Å². The van der Waals surface area contributed by atoms with Gasteiger partial charge in [0.05, 0.1) is 33.8 Å². The van der Waals surface area contributed by atoms with Crippen molar-refractivity contribution in [1.82, 2.24) is 9.97 Å². The summed E-state index contributed by atoms with van der Waals surface area (Å²) in [5.74, 6) is 1.66. The molecule has 0 aliphatic carbocycles. The van der Waals surface area contributed by atoms with Crippen molar-refractivity contribution in [3.05, 3.63) is 97.1 Å². The molecule has 1 fully saturated rings. The van der Waals surface area contributed by atoms with E-state index >= 15 is 0 Å². The molecule has 0 spiro atoms. The number of aromatic nitrogens is 2. The van der Waals surface area contributed by atoms with E-state index in [0.717, 1.165) is 11.1 Å². The maximum atomic E-state index is 13.5. The molecule has 2 N–H and O–H groups in total. The van der Waals surface area contributed by atoms with Gasteiger partial charge in [0.2, 0.25) is 15.8 Å². The van der Waals surface area contributed by atoms with Crippen LogP contribution in [0.2, 0.25) is 0 Å². The molecule has 0 atom stereocenters. The third-order valence-electron chi connectivity index (χ3n) is 7.20. The molecule has 42 heavy (non-hydrogen) atoms. The van der Waals surface area contributed by atoms with Crippen LogP contribution in [0.1, 0.15) is 12.8 Å². The van der Waals surface area contributed by atoms with Gasteiger partial charge in [0.25, 0.3) is 0 Å². The van der Waals surface area contributed by atoms with Gasteiger partial charge in [-0.15, -0.1) is 0 Å². The SMILES string of the molecule is COc1cc(N2CCC(=O)CC2)ccc1Nc1nc(Nc2ccccc2S(=O)(=O)c2ccccc2)c2ccccc2n1. The van der Waals surface area contributed by atoms with Crippen LogP contribution in [0.4, 0.5) is 28.8 Å². The third kappa shape index (κ3) is 5.48. The Bertz CT molecular complexity index is 1870. The number of sulfone groups is 1. The second-order valence-electron chi connectivity index (χ2n) is 9.89. The van der Waals surface area contributed by atoms with E-state index in [4.69, 9.17) is 14.7 Å². The number of benzene rings is 4. The number of carbonyl (C=O) groups is 1. The van der Waals surface area contributed by atoms with Crippen LogP contribution in [-0.4, -0.2) is 44.4 Å². The molecular weight excluding hydrogens is 550 g/mol. The number of ketones is 1. The summed E-state index contributed by atoms with van der Waals surface area (Å²) in [6, 6.07) is 28.5. The molecule has 4 aromatic carbocycles. The highest BCUT2D eigenvalue weighted by Crippen LogP contribution is 2.35. The van der Waals surface area contributed by atoms with E-state index in [9.17, 15) is 13.2 Å². The molecule has 0 unspecified atom stereocenters. The number of hydrogen-bond acceptors (Lipinski definition) is 9. The van der Waals surface area contributed by atoms with Crippen molar-refractivity contribution in [3.8, 4) is 5.75 Å². The Morgan fingerprint density at radius 1 is 0.786 bits per heavy atom. The number of nitrogens with zero attached hydrogens (tertiary/aromatic N) is 3. The van der Waals surface area contributed by atoms with Crippen molar-refractivity contribution in [1.29, 1.82) is 0 Å². The smallest absolute Gasteiger partial charge is 0.229 e. The third-order valence-corrected chi connectivity index (χ3v) is 9.03. The quantitative estimate of drug-likeness (QED) is 0.224. The van der Waals surface area contributed by atoms with Gasteiger partial charge in [-0.3, -0.25) is 4.79 Å². The fourth-order valence-corrected chi connectivity index (χ4v) is 6.44. The first kappa shape index (κ1) is 27.2. The maximum absolute atomic E-state index is 13.5. The van der Waals surface area contributed by atoms with Crippen molar-refractivity contribution in [3.63, 3.8) is 0 Å². The van der Waals surface area contributed by atoms with Crippen LogP contribution in [0, 0.1) is 0 Å². The second kappa shape index (κ2) is 11.5. The van der Waals surface area contributed by atoms with Gasteiger partial charge in [0.1, 0.15) is 17.4 Å². The number of piperidine rings is 1. The summed E-state index contributed by atoms with van der Waals surface area (Å²) in [7, 11) is -2.19. The number of methoxy groups -OCH3 is 1. The van der Waals surface area contributed by atoms with Crippen molar-refractivity contribution in [2.75, 3.05) is 35.7 Å². The number of ether oxygens (including phenoxy) is 1. The first-order valence-corrected chi connectivity index (χ1v) is 15.1. The molecule has 2 heterocycles. The molecule has 1 aromatic heterocycles. The Balaban J connectivity index is 1.35. The summed E-state index contributed by atoms with van der Waals surface area (Å²) in [5, 5.41) is 7.27. The number of nitrogens with one attached hydrogen (secondary N) is 2. The van der Waals surface area contributed by atoms with Crippen molar-refractivity contribution < 1.29 is 17.9 Å². The minimum atomic E-state index is -3.79. The second-order valence-corrected chi connectivity index (χ2v) is 11.8. The van der Waals surface area contributed by atoms with Crippen LogP contribution in [0.25, 0.3) is 10.9 Å². The lowest BCUT2D eigenvalue weighted by Crippen LogP contribution is -2.33. The molecular formula is C32H29N5O4S. The van der Waals surface area contributed by atoms with Crippen molar-refractivity contribution >= 4 is 55.4 Å². The Labute approximate surface area is 244 Å². The Morgan fingerprint density at radius 2 is 1.50 bits per heavy atom. The molecule has 0 saturated carbocycles. The van der Waals surface area contributed by atoms with Crippen LogP contribution in [0.5, 0.6) is 5.75 Å². The van der Waals surface area contributed by atoms with E-state index in [-0.39, 0.29) is 15.6 Å². The summed E-state index contributed by atoms with van der Waals surface area (Å²) >= 11 is 0. The largest absolute Gasteiger partial charge is 0.494 e. The van der Waals surface area contributed by atoms with Gasteiger partial charge in [-0.05, 0) is 48.5 Å². The predicted octanol–water partition coefficient (Wildman–Crippen LogP) is 6.13. The zero-order valence-electron chi connectivity index (χ0n) is 22.9. The lowest BCUT2D eigenvalue weighted by molar-refractivity contribution is -0.119. The van der Waals surface area contributed by atoms with Gasteiger partial charge in [-0.25, -0.2) is 13.4 Å². The normalized spacial score (nSPS) is 13.6.